The van der Waals surface area contributed by atoms with E-state index in [4.69, 9.17) is 16.3 Å². The summed E-state index contributed by atoms with van der Waals surface area (Å²) >= 11 is 7.79. The first-order valence-electron chi connectivity index (χ1n) is 7.76. The molecule has 1 amide bonds. The van der Waals surface area contributed by atoms with Gasteiger partial charge in [-0.1, -0.05) is 43.6 Å². The number of nitrogens with one attached hydrogen (secondary N) is 1. The smallest absolute Gasteiger partial charge is 0.331 e. The Morgan fingerprint density at radius 3 is 2.79 bits per heavy atom. The van der Waals surface area contributed by atoms with E-state index in [-0.39, 0.29) is 12.5 Å². The first kappa shape index (κ1) is 18.5. The van der Waals surface area contributed by atoms with Crippen molar-refractivity contribution in [2.24, 2.45) is 5.92 Å². The number of hydrogen-bond acceptors (Lipinski definition) is 4. The summed E-state index contributed by atoms with van der Waals surface area (Å²) in [5.41, 5.74) is 0. The van der Waals surface area contributed by atoms with E-state index in [9.17, 15) is 9.59 Å². The Kier molecular flexibility index (Phi) is 6.82. The minimum atomic E-state index is -0.567. The Hall–Kier alpha value is -1.85. The number of amides is 1. The molecular weight excluding hydrogens is 346 g/mol. The Labute approximate surface area is 150 Å². The Morgan fingerprint density at radius 2 is 2.08 bits per heavy atom. The highest BCUT2D eigenvalue weighted by Gasteiger charge is 2.09. The van der Waals surface area contributed by atoms with Gasteiger partial charge in [0, 0.05) is 27.6 Å². The number of ether oxygens (including phenoxy) is 1. The maximum absolute atomic E-state index is 11.7. The molecule has 4 nitrogen and oxygen atoms in total. The summed E-state index contributed by atoms with van der Waals surface area (Å²) in [5.74, 6) is -0.346. The number of thiophene rings is 1. The van der Waals surface area contributed by atoms with Crippen LogP contribution in [0.2, 0.25) is 5.02 Å². The van der Waals surface area contributed by atoms with E-state index >= 15 is 0 Å². The topological polar surface area (TPSA) is 55.4 Å². The van der Waals surface area contributed by atoms with Crippen LogP contribution in [0.4, 0.5) is 0 Å². The molecule has 1 aromatic heterocycles. The molecular formula is C18H20ClNO3S. The van der Waals surface area contributed by atoms with Crippen LogP contribution in [0.5, 0.6) is 0 Å². The zero-order valence-corrected chi connectivity index (χ0v) is 15.2. The second-order valence-corrected chi connectivity index (χ2v) is 7.21. The number of fused-ring (bicyclic) bond motifs is 1. The Morgan fingerprint density at radius 1 is 1.33 bits per heavy atom. The molecule has 128 valence electrons. The molecule has 0 saturated heterocycles. The van der Waals surface area contributed by atoms with Gasteiger partial charge in [0.1, 0.15) is 0 Å². The Balaban J connectivity index is 1.84. The summed E-state index contributed by atoms with van der Waals surface area (Å²) in [6.45, 7) is 4.47. The number of halogens is 1. The lowest BCUT2D eigenvalue weighted by Gasteiger charge is -2.06. The molecule has 24 heavy (non-hydrogen) atoms. The van der Waals surface area contributed by atoms with E-state index < -0.39 is 5.97 Å². The fraction of sp³-hybridized carbons (Fsp3) is 0.333. The molecule has 0 unspecified atom stereocenters. The molecule has 0 aliphatic heterocycles. The lowest BCUT2D eigenvalue weighted by Crippen LogP contribution is -2.29. The van der Waals surface area contributed by atoms with Gasteiger partial charge in [0.2, 0.25) is 0 Å². The summed E-state index contributed by atoms with van der Waals surface area (Å²) in [6.07, 6.45) is 3.80. The van der Waals surface area contributed by atoms with Crippen LogP contribution < -0.4 is 5.32 Å². The molecule has 1 aromatic carbocycles. The maximum Gasteiger partial charge on any atom is 0.331 e. The standard InChI is InChI=1S/C18H20ClNO3S/c1-12(2)9-10-20-16(21)11-23-17(22)8-7-15-18(19)13-5-3-4-6-14(13)24-15/h3-8,12H,9-11H2,1-2H3,(H,20,21)/b8-7+. The molecule has 0 spiro atoms. The molecule has 0 aliphatic carbocycles. The third-order valence-electron chi connectivity index (χ3n) is 3.32. The fourth-order valence-corrected chi connectivity index (χ4v) is 3.42. The van der Waals surface area contributed by atoms with Gasteiger partial charge in [0.25, 0.3) is 5.91 Å². The molecule has 2 rings (SSSR count). The summed E-state index contributed by atoms with van der Waals surface area (Å²) in [6, 6.07) is 7.77. The van der Waals surface area contributed by atoms with Crippen LogP contribution in [-0.4, -0.2) is 25.0 Å². The molecule has 2 aromatic rings. The highest BCUT2D eigenvalue weighted by Crippen LogP contribution is 2.35. The summed E-state index contributed by atoms with van der Waals surface area (Å²) in [7, 11) is 0. The van der Waals surface area contributed by atoms with Gasteiger partial charge in [0.15, 0.2) is 6.61 Å². The summed E-state index contributed by atoms with van der Waals surface area (Å²) in [4.78, 5) is 24.0. The second kappa shape index (κ2) is 8.85. The quantitative estimate of drug-likeness (QED) is 0.588. The lowest BCUT2D eigenvalue weighted by atomic mass is 10.1. The van der Waals surface area contributed by atoms with Crippen molar-refractivity contribution in [1.29, 1.82) is 0 Å². The molecule has 0 aliphatic rings. The third-order valence-corrected chi connectivity index (χ3v) is 4.98. The van der Waals surface area contributed by atoms with E-state index in [0.29, 0.717) is 17.5 Å². The van der Waals surface area contributed by atoms with E-state index in [2.05, 4.69) is 19.2 Å². The van der Waals surface area contributed by atoms with Gasteiger partial charge in [-0.05, 0) is 24.5 Å². The second-order valence-electron chi connectivity index (χ2n) is 5.75. The first-order chi connectivity index (χ1) is 11.5. The lowest BCUT2D eigenvalue weighted by molar-refractivity contribution is -0.143. The van der Waals surface area contributed by atoms with Gasteiger partial charge < -0.3 is 10.1 Å². The highest BCUT2D eigenvalue weighted by atomic mass is 35.5. The van der Waals surface area contributed by atoms with Crippen molar-refractivity contribution >= 4 is 51.0 Å². The van der Waals surface area contributed by atoms with Gasteiger partial charge in [-0.15, -0.1) is 11.3 Å². The molecule has 0 saturated carbocycles. The van der Waals surface area contributed by atoms with Crippen molar-refractivity contribution in [3.63, 3.8) is 0 Å². The SMILES string of the molecule is CC(C)CCNC(=O)COC(=O)/C=C/c1sc2ccccc2c1Cl. The predicted octanol–water partition coefficient (Wildman–Crippen LogP) is 4.27. The third kappa shape index (κ3) is 5.35. The summed E-state index contributed by atoms with van der Waals surface area (Å²) < 4.78 is 5.98. The predicted molar refractivity (Wildman–Crippen MR) is 99.3 cm³/mol. The van der Waals surface area contributed by atoms with Crippen LogP contribution in [0.15, 0.2) is 30.3 Å². The zero-order valence-electron chi connectivity index (χ0n) is 13.7. The van der Waals surface area contributed by atoms with Crippen LogP contribution in [-0.2, 0) is 14.3 Å². The average Bonchev–Trinajstić information content (AvgIpc) is 2.87. The van der Waals surface area contributed by atoms with E-state index in [0.717, 1.165) is 21.4 Å². The minimum Gasteiger partial charge on any atom is -0.452 e. The van der Waals surface area contributed by atoms with Crippen molar-refractivity contribution in [3.05, 3.63) is 40.2 Å². The number of esters is 1. The number of hydrogen-bond donors (Lipinski definition) is 1. The highest BCUT2D eigenvalue weighted by molar-refractivity contribution is 7.20. The van der Waals surface area contributed by atoms with Crippen LogP contribution >= 0.6 is 22.9 Å². The Bertz CT molecular complexity index is 752. The number of benzene rings is 1. The number of carbonyl (C=O) groups is 2. The van der Waals surface area contributed by atoms with Crippen LogP contribution in [0.25, 0.3) is 16.2 Å². The van der Waals surface area contributed by atoms with E-state index in [1.807, 2.05) is 24.3 Å². The van der Waals surface area contributed by atoms with Crippen molar-refractivity contribution in [1.82, 2.24) is 5.32 Å². The van der Waals surface area contributed by atoms with Gasteiger partial charge in [-0.3, -0.25) is 4.79 Å². The minimum absolute atomic E-state index is 0.276. The van der Waals surface area contributed by atoms with Crippen molar-refractivity contribution in [2.75, 3.05) is 13.2 Å². The van der Waals surface area contributed by atoms with Gasteiger partial charge in [-0.2, -0.15) is 0 Å². The number of rotatable bonds is 7. The molecule has 0 bridgehead atoms. The van der Waals surface area contributed by atoms with Gasteiger partial charge >= 0.3 is 5.97 Å². The van der Waals surface area contributed by atoms with Crippen LogP contribution in [0, 0.1) is 5.92 Å². The van der Waals surface area contributed by atoms with E-state index in [1.54, 1.807) is 6.08 Å². The van der Waals surface area contributed by atoms with Crippen molar-refractivity contribution in [2.45, 2.75) is 20.3 Å². The largest absolute Gasteiger partial charge is 0.452 e. The van der Waals surface area contributed by atoms with Crippen molar-refractivity contribution < 1.29 is 14.3 Å². The number of carbonyl (C=O) groups excluding carboxylic acids is 2. The molecule has 0 atom stereocenters. The maximum atomic E-state index is 11.7. The van der Waals surface area contributed by atoms with Gasteiger partial charge in [0.05, 0.1) is 5.02 Å². The normalized spacial score (nSPS) is 11.3. The van der Waals surface area contributed by atoms with Crippen molar-refractivity contribution in [3.8, 4) is 0 Å². The molecule has 1 heterocycles. The molecule has 1 N–H and O–H groups in total. The van der Waals surface area contributed by atoms with Crippen LogP contribution in [0.1, 0.15) is 25.1 Å². The molecule has 0 radical (unpaired) electrons. The summed E-state index contributed by atoms with van der Waals surface area (Å²) in [5, 5.41) is 4.29. The average molecular weight is 366 g/mol. The fourth-order valence-electron chi connectivity index (χ4n) is 2.02. The monoisotopic (exact) mass is 365 g/mol. The van der Waals surface area contributed by atoms with Crippen LogP contribution in [0.3, 0.4) is 0 Å². The molecule has 6 heteroatoms. The van der Waals surface area contributed by atoms with E-state index in [1.165, 1.54) is 17.4 Å². The van der Waals surface area contributed by atoms with Gasteiger partial charge in [-0.25, -0.2) is 4.79 Å². The zero-order chi connectivity index (χ0) is 17.5. The first-order valence-corrected chi connectivity index (χ1v) is 8.95. The molecule has 0 fully saturated rings.